The van der Waals surface area contributed by atoms with Gasteiger partial charge in [-0.05, 0) is 43.5 Å². The molecule has 3 nitrogen and oxygen atoms in total. The summed E-state index contributed by atoms with van der Waals surface area (Å²) < 4.78 is 0.984. The van der Waals surface area contributed by atoms with Gasteiger partial charge in [0.2, 0.25) is 0 Å². The number of amides is 1. The molecule has 0 aromatic heterocycles. The van der Waals surface area contributed by atoms with Gasteiger partial charge in [-0.15, -0.1) is 0 Å². The molecule has 0 aliphatic rings. The summed E-state index contributed by atoms with van der Waals surface area (Å²) in [4.78, 5) is 11.9. The highest BCUT2D eigenvalue weighted by atomic mass is 79.9. The first-order chi connectivity index (χ1) is 8.41. The first kappa shape index (κ1) is 15.2. The van der Waals surface area contributed by atoms with Gasteiger partial charge in [-0.3, -0.25) is 4.79 Å². The van der Waals surface area contributed by atoms with Crippen LogP contribution >= 0.6 is 15.9 Å². The van der Waals surface area contributed by atoms with Crippen LogP contribution in [0.25, 0.3) is 0 Å². The lowest BCUT2D eigenvalue weighted by atomic mass is 9.97. The molecule has 0 spiro atoms. The number of benzene rings is 1. The molecule has 4 heteroatoms. The van der Waals surface area contributed by atoms with E-state index >= 15 is 0 Å². The summed E-state index contributed by atoms with van der Waals surface area (Å²) in [6.07, 6.45) is 1.26. The van der Waals surface area contributed by atoms with Crippen molar-refractivity contribution in [2.45, 2.75) is 39.2 Å². The van der Waals surface area contributed by atoms with Crippen molar-refractivity contribution in [3.63, 3.8) is 0 Å². The van der Waals surface area contributed by atoms with Crippen LogP contribution in [0.1, 0.15) is 42.6 Å². The molecular weight excluding hydrogens is 294 g/mol. The first-order valence-electron chi connectivity index (χ1n) is 6.18. The predicted octanol–water partition coefficient (Wildman–Crippen LogP) is 3.04. The van der Waals surface area contributed by atoms with Crippen LogP contribution in [0, 0.1) is 6.92 Å². The van der Waals surface area contributed by atoms with Crippen molar-refractivity contribution in [1.29, 1.82) is 0 Å². The number of hydrogen-bond donors (Lipinski definition) is 2. The van der Waals surface area contributed by atoms with E-state index in [-0.39, 0.29) is 12.5 Å². The number of aryl methyl sites for hydroxylation is 1. The van der Waals surface area contributed by atoms with Crippen LogP contribution in [0.15, 0.2) is 22.7 Å². The number of rotatable bonds is 5. The van der Waals surface area contributed by atoms with Crippen molar-refractivity contribution in [3.8, 4) is 0 Å². The minimum absolute atomic E-state index is 0.147. The maximum atomic E-state index is 11.9. The van der Waals surface area contributed by atoms with Gasteiger partial charge in [-0.2, -0.15) is 0 Å². The molecule has 0 saturated heterocycles. The lowest BCUT2D eigenvalue weighted by molar-refractivity contribution is 0.0314. The summed E-state index contributed by atoms with van der Waals surface area (Å²) in [5.74, 6) is -0.147. The molecule has 0 fully saturated rings. The molecule has 1 aromatic rings. The highest BCUT2D eigenvalue weighted by Gasteiger charge is 2.22. The Balaban J connectivity index is 2.68. The van der Waals surface area contributed by atoms with Crippen molar-refractivity contribution < 1.29 is 9.90 Å². The van der Waals surface area contributed by atoms with Gasteiger partial charge >= 0.3 is 0 Å². The van der Waals surface area contributed by atoms with Gasteiger partial charge in [-0.1, -0.05) is 29.8 Å². The number of aliphatic hydroxyl groups is 1. The molecule has 0 unspecified atom stereocenters. The molecular formula is C14H20BrNO2. The van der Waals surface area contributed by atoms with E-state index in [1.54, 1.807) is 6.07 Å². The standard InChI is InChI=1S/C14H20BrNO2/c1-4-14(18,5-2)9-16-13(17)11-6-7-12(15)10(3)8-11/h6-8,18H,4-5,9H2,1-3H3,(H,16,17). The molecule has 1 aromatic carbocycles. The zero-order valence-electron chi connectivity index (χ0n) is 11.1. The van der Waals surface area contributed by atoms with Crippen LogP contribution in [0.2, 0.25) is 0 Å². The lowest BCUT2D eigenvalue weighted by Gasteiger charge is -2.25. The fourth-order valence-corrected chi connectivity index (χ4v) is 1.88. The Kier molecular flexibility index (Phi) is 5.35. The molecule has 1 rings (SSSR count). The topological polar surface area (TPSA) is 49.3 Å². The van der Waals surface area contributed by atoms with Gasteiger partial charge in [0.1, 0.15) is 0 Å². The van der Waals surface area contributed by atoms with Crippen molar-refractivity contribution >= 4 is 21.8 Å². The van der Waals surface area contributed by atoms with Gasteiger partial charge in [0.05, 0.1) is 5.60 Å². The number of halogens is 1. The second-order valence-electron chi connectivity index (χ2n) is 4.58. The highest BCUT2D eigenvalue weighted by molar-refractivity contribution is 9.10. The third-order valence-corrected chi connectivity index (χ3v) is 4.20. The van der Waals surface area contributed by atoms with E-state index in [0.29, 0.717) is 18.4 Å². The smallest absolute Gasteiger partial charge is 0.251 e. The summed E-state index contributed by atoms with van der Waals surface area (Å²) in [7, 11) is 0. The first-order valence-corrected chi connectivity index (χ1v) is 6.98. The molecule has 2 N–H and O–H groups in total. The maximum absolute atomic E-state index is 11.9. The fraction of sp³-hybridized carbons (Fsp3) is 0.500. The van der Waals surface area contributed by atoms with Crippen LogP contribution in [0.5, 0.6) is 0 Å². The summed E-state index contributed by atoms with van der Waals surface area (Å²) in [5.41, 5.74) is 0.828. The van der Waals surface area contributed by atoms with E-state index in [2.05, 4.69) is 21.2 Å². The molecule has 0 radical (unpaired) electrons. The average Bonchev–Trinajstić information content (AvgIpc) is 2.38. The average molecular weight is 314 g/mol. The van der Waals surface area contributed by atoms with E-state index < -0.39 is 5.60 Å². The summed E-state index contributed by atoms with van der Waals surface area (Å²) >= 11 is 3.40. The zero-order valence-corrected chi connectivity index (χ0v) is 12.7. The molecule has 18 heavy (non-hydrogen) atoms. The fourth-order valence-electron chi connectivity index (χ4n) is 1.63. The molecule has 0 aliphatic heterocycles. The van der Waals surface area contributed by atoms with Crippen LogP contribution < -0.4 is 5.32 Å². The van der Waals surface area contributed by atoms with Crippen molar-refractivity contribution in [1.82, 2.24) is 5.32 Å². The molecule has 0 aliphatic carbocycles. The van der Waals surface area contributed by atoms with Crippen LogP contribution in [0.3, 0.4) is 0 Å². The normalized spacial score (nSPS) is 11.4. The number of nitrogens with one attached hydrogen (secondary N) is 1. The van der Waals surface area contributed by atoms with Crippen LogP contribution in [-0.2, 0) is 0 Å². The van der Waals surface area contributed by atoms with Crippen LogP contribution in [-0.4, -0.2) is 23.2 Å². The van der Waals surface area contributed by atoms with Gasteiger partial charge < -0.3 is 10.4 Å². The monoisotopic (exact) mass is 313 g/mol. The van der Waals surface area contributed by atoms with Gasteiger partial charge in [-0.25, -0.2) is 0 Å². The molecule has 0 heterocycles. The SMILES string of the molecule is CCC(O)(CC)CNC(=O)c1ccc(Br)c(C)c1. The Hall–Kier alpha value is -0.870. The van der Waals surface area contributed by atoms with Crippen molar-refractivity contribution in [2.75, 3.05) is 6.54 Å². The second kappa shape index (κ2) is 6.34. The number of hydrogen-bond acceptors (Lipinski definition) is 2. The van der Waals surface area contributed by atoms with E-state index in [4.69, 9.17) is 0 Å². The van der Waals surface area contributed by atoms with Gasteiger partial charge in [0, 0.05) is 16.6 Å². The third kappa shape index (κ3) is 3.82. The molecule has 0 saturated carbocycles. The van der Waals surface area contributed by atoms with Gasteiger partial charge in [0.25, 0.3) is 5.91 Å². The highest BCUT2D eigenvalue weighted by Crippen LogP contribution is 2.17. The Morgan fingerprint density at radius 1 is 1.39 bits per heavy atom. The van der Waals surface area contributed by atoms with Crippen LogP contribution in [0.4, 0.5) is 0 Å². The molecule has 0 bridgehead atoms. The van der Waals surface area contributed by atoms with Gasteiger partial charge in [0.15, 0.2) is 0 Å². The summed E-state index contributed by atoms with van der Waals surface area (Å²) in [6.45, 7) is 6.06. The van der Waals surface area contributed by atoms with E-state index in [1.807, 2.05) is 32.9 Å². The predicted molar refractivity (Wildman–Crippen MR) is 76.7 cm³/mol. The molecule has 100 valence electrons. The van der Waals surface area contributed by atoms with E-state index in [0.717, 1.165) is 10.0 Å². The Morgan fingerprint density at radius 3 is 2.50 bits per heavy atom. The molecule has 0 atom stereocenters. The van der Waals surface area contributed by atoms with Crippen molar-refractivity contribution in [3.05, 3.63) is 33.8 Å². The third-order valence-electron chi connectivity index (χ3n) is 3.31. The minimum atomic E-state index is -0.805. The Morgan fingerprint density at radius 2 is 2.00 bits per heavy atom. The number of carbonyl (C=O) groups excluding carboxylic acids is 1. The van der Waals surface area contributed by atoms with E-state index in [1.165, 1.54) is 0 Å². The summed E-state index contributed by atoms with van der Waals surface area (Å²) in [6, 6.07) is 5.45. The summed E-state index contributed by atoms with van der Waals surface area (Å²) in [5, 5.41) is 12.9. The lowest BCUT2D eigenvalue weighted by Crippen LogP contribution is -2.42. The molecule has 1 amide bonds. The maximum Gasteiger partial charge on any atom is 0.251 e. The Bertz CT molecular complexity index is 428. The zero-order chi connectivity index (χ0) is 13.8. The quantitative estimate of drug-likeness (QED) is 0.877. The largest absolute Gasteiger partial charge is 0.388 e. The number of carbonyl (C=O) groups is 1. The van der Waals surface area contributed by atoms with E-state index in [9.17, 15) is 9.90 Å². The van der Waals surface area contributed by atoms with Crippen molar-refractivity contribution in [2.24, 2.45) is 0 Å². The second-order valence-corrected chi connectivity index (χ2v) is 5.43. The Labute approximate surface area is 117 Å². The minimum Gasteiger partial charge on any atom is -0.388 e.